The van der Waals surface area contributed by atoms with Gasteiger partial charge in [-0.15, -0.1) is 5.10 Å². The van der Waals surface area contributed by atoms with E-state index < -0.39 is 0 Å². The highest BCUT2D eigenvalue weighted by molar-refractivity contribution is 5.78. The van der Waals surface area contributed by atoms with Gasteiger partial charge in [0.1, 0.15) is 6.33 Å². The average Bonchev–Trinajstić information content (AvgIpc) is 2.99. The predicted molar refractivity (Wildman–Crippen MR) is 62.2 cm³/mol. The summed E-state index contributed by atoms with van der Waals surface area (Å²) in [5.41, 5.74) is 1.17. The summed E-state index contributed by atoms with van der Waals surface area (Å²) in [6, 6.07) is 8.21. The molecule has 0 saturated heterocycles. The molecule has 0 saturated carbocycles. The first kappa shape index (κ1) is 9.95. The van der Waals surface area contributed by atoms with Gasteiger partial charge in [0, 0.05) is 18.5 Å². The molecule has 0 radical (unpaired) electrons. The monoisotopic (exact) mass is 228 g/mol. The van der Waals surface area contributed by atoms with Crippen molar-refractivity contribution >= 4 is 10.9 Å². The molecule has 2 heterocycles. The van der Waals surface area contributed by atoms with Crippen LogP contribution < -0.4 is 0 Å². The van der Waals surface area contributed by atoms with Crippen molar-refractivity contribution in [3.63, 3.8) is 0 Å². The van der Waals surface area contributed by atoms with Gasteiger partial charge in [0.05, 0.1) is 11.7 Å². The minimum Gasteiger partial charge on any atom is -0.265 e. The van der Waals surface area contributed by atoms with E-state index in [-0.39, 0.29) is 0 Å². The number of aryl methyl sites for hydroxylation is 2. The summed E-state index contributed by atoms with van der Waals surface area (Å²) >= 11 is 0. The van der Waals surface area contributed by atoms with Crippen LogP contribution in [-0.2, 0) is 13.1 Å². The van der Waals surface area contributed by atoms with Crippen LogP contribution in [0.15, 0.2) is 36.8 Å². The molecular formula is C11H12N6. The van der Waals surface area contributed by atoms with E-state index in [0.29, 0.717) is 0 Å². The summed E-state index contributed by atoms with van der Waals surface area (Å²) in [5.74, 6) is 0. The summed E-state index contributed by atoms with van der Waals surface area (Å²) in [4.78, 5) is 0. The second-order valence-corrected chi connectivity index (χ2v) is 3.85. The third-order valence-electron chi connectivity index (χ3n) is 2.70. The van der Waals surface area contributed by atoms with E-state index in [0.717, 1.165) is 19.5 Å². The summed E-state index contributed by atoms with van der Waals surface area (Å²) in [7, 11) is 0. The van der Waals surface area contributed by atoms with E-state index >= 15 is 0 Å². The highest BCUT2D eigenvalue weighted by Crippen LogP contribution is 2.12. The molecule has 86 valence electrons. The third kappa shape index (κ3) is 2.01. The lowest BCUT2D eigenvalue weighted by atomic mass is 10.2. The molecule has 6 heteroatoms. The van der Waals surface area contributed by atoms with Gasteiger partial charge in [-0.1, -0.05) is 18.2 Å². The van der Waals surface area contributed by atoms with Crippen molar-refractivity contribution in [2.45, 2.75) is 19.5 Å². The molecule has 0 amide bonds. The van der Waals surface area contributed by atoms with E-state index in [1.807, 2.05) is 23.0 Å². The zero-order valence-corrected chi connectivity index (χ0v) is 9.27. The standard InChI is InChI=1S/C11H12N6/c1-2-5-11-10(4-1)8-13-17(11)7-3-6-16-9-12-14-15-16/h1-2,4-5,8-9H,3,6-7H2. The van der Waals surface area contributed by atoms with Gasteiger partial charge in [-0.05, 0) is 22.9 Å². The lowest BCUT2D eigenvalue weighted by Crippen LogP contribution is -2.05. The topological polar surface area (TPSA) is 61.4 Å². The molecule has 0 aliphatic carbocycles. The number of hydrogen-bond acceptors (Lipinski definition) is 4. The Morgan fingerprint density at radius 1 is 1.12 bits per heavy atom. The van der Waals surface area contributed by atoms with Crippen LogP contribution in [-0.4, -0.2) is 30.0 Å². The molecule has 2 aromatic heterocycles. The van der Waals surface area contributed by atoms with E-state index in [2.05, 4.69) is 32.8 Å². The Morgan fingerprint density at radius 2 is 2.06 bits per heavy atom. The quantitative estimate of drug-likeness (QED) is 0.671. The molecule has 3 aromatic rings. The van der Waals surface area contributed by atoms with Crippen LogP contribution in [0.3, 0.4) is 0 Å². The van der Waals surface area contributed by atoms with E-state index in [4.69, 9.17) is 0 Å². The second-order valence-electron chi connectivity index (χ2n) is 3.85. The van der Waals surface area contributed by atoms with Crippen molar-refractivity contribution in [2.24, 2.45) is 0 Å². The van der Waals surface area contributed by atoms with Crippen molar-refractivity contribution in [1.82, 2.24) is 30.0 Å². The van der Waals surface area contributed by atoms with E-state index in [9.17, 15) is 0 Å². The third-order valence-corrected chi connectivity index (χ3v) is 2.70. The van der Waals surface area contributed by atoms with Gasteiger partial charge in [-0.25, -0.2) is 4.68 Å². The largest absolute Gasteiger partial charge is 0.265 e. The van der Waals surface area contributed by atoms with Gasteiger partial charge >= 0.3 is 0 Å². The molecule has 6 nitrogen and oxygen atoms in total. The molecule has 0 unspecified atom stereocenters. The van der Waals surface area contributed by atoms with Crippen molar-refractivity contribution in [3.05, 3.63) is 36.8 Å². The van der Waals surface area contributed by atoms with Crippen LogP contribution in [0.25, 0.3) is 10.9 Å². The van der Waals surface area contributed by atoms with Gasteiger partial charge in [-0.3, -0.25) is 4.68 Å². The van der Waals surface area contributed by atoms with Gasteiger partial charge in [0.2, 0.25) is 0 Å². The molecule has 0 spiro atoms. The number of hydrogen-bond donors (Lipinski definition) is 0. The zero-order valence-electron chi connectivity index (χ0n) is 9.27. The Bertz CT molecular complexity index is 597. The van der Waals surface area contributed by atoms with Gasteiger partial charge in [-0.2, -0.15) is 5.10 Å². The molecule has 0 fully saturated rings. The number of tetrazole rings is 1. The summed E-state index contributed by atoms with van der Waals surface area (Å²) in [5, 5.41) is 16.6. The van der Waals surface area contributed by atoms with Gasteiger partial charge in [0.15, 0.2) is 0 Å². The van der Waals surface area contributed by atoms with Crippen LogP contribution in [0.2, 0.25) is 0 Å². The predicted octanol–water partition coefficient (Wildman–Crippen LogP) is 1.11. The van der Waals surface area contributed by atoms with Crippen LogP contribution in [0.5, 0.6) is 0 Å². The molecule has 0 bridgehead atoms. The Balaban J connectivity index is 1.69. The fourth-order valence-electron chi connectivity index (χ4n) is 1.87. The van der Waals surface area contributed by atoms with E-state index in [1.54, 1.807) is 11.0 Å². The lowest BCUT2D eigenvalue weighted by molar-refractivity contribution is 0.499. The smallest absolute Gasteiger partial charge is 0.138 e. The van der Waals surface area contributed by atoms with Crippen molar-refractivity contribution < 1.29 is 0 Å². The van der Waals surface area contributed by atoms with Gasteiger partial charge < -0.3 is 0 Å². The minimum absolute atomic E-state index is 0.807. The highest BCUT2D eigenvalue weighted by Gasteiger charge is 2.01. The fraction of sp³-hybridized carbons (Fsp3) is 0.273. The maximum Gasteiger partial charge on any atom is 0.138 e. The number of aromatic nitrogens is 6. The maximum absolute atomic E-state index is 4.37. The van der Waals surface area contributed by atoms with Crippen molar-refractivity contribution in [3.8, 4) is 0 Å². The first-order valence-corrected chi connectivity index (χ1v) is 5.55. The summed E-state index contributed by atoms with van der Waals surface area (Å²) in [6.07, 6.45) is 4.48. The number of fused-ring (bicyclic) bond motifs is 1. The highest BCUT2D eigenvalue weighted by atomic mass is 15.5. The fourth-order valence-corrected chi connectivity index (χ4v) is 1.87. The molecule has 0 N–H and O–H groups in total. The van der Waals surface area contributed by atoms with Crippen LogP contribution in [0, 0.1) is 0 Å². The SMILES string of the molecule is c1ccc2c(c1)cnn2CCCn1cnnn1. The Labute approximate surface area is 97.9 Å². The normalized spacial score (nSPS) is 11.1. The molecule has 0 atom stereocenters. The lowest BCUT2D eigenvalue weighted by Gasteiger charge is -2.03. The molecule has 0 aliphatic heterocycles. The number of para-hydroxylation sites is 1. The number of rotatable bonds is 4. The molecule has 3 rings (SSSR count). The zero-order chi connectivity index (χ0) is 11.5. The first-order valence-electron chi connectivity index (χ1n) is 5.55. The van der Waals surface area contributed by atoms with E-state index in [1.165, 1.54) is 10.9 Å². The molecule has 1 aromatic carbocycles. The molecular weight excluding hydrogens is 216 g/mol. The Hall–Kier alpha value is -2.24. The van der Waals surface area contributed by atoms with Gasteiger partial charge in [0.25, 0.3) is 0 Å². The Morgan fingerprint density at radius 3 is 2.94 bits per heavy atom. The number of nitrogens with zero attached hydrogens (tertiary/aromatic N) is 6. The second kappa shape index (κ2) is 4.32. The van der Waals surface area contributed by atoms with Crippen LogP contribution >= 0.6 is 0 Å². The Kier molecular flexibility index (Phi) is 2.53. The summed E-state index contributed by atoms with van der Waals surface area (Å²) in [6.45, 7) is 1.68. The van der Waals surface area contributed by atoms with Crippen LogP contribution in [0.1, 0.15) is 6.42 Å². The maximum atomic E-state index is 4.37. The number of benzene rings is 1. The van der Waals surface area contributed by atoms with Crippen molar-refractivity contribution in [1.29, 1.82) is 0 Å². The first-order chi connectivity index (χ1) is 8.43. The summed E-state index contributed by atoms with van der Waals surface area (Å²) < 4.78 is 3.74. The average molecular weight is 228 g/mol. The van der Waals surface area contributed by atoms with Crippen LogP contribution in [0.4, 0.5) is 0 Å². The molecule has 0 aliphatic rings. The molecule has 17 heavy (non-hydrogen) atoms. The minimum atomic E-state index is 0.807. The van der Waals surface area contributed by atoms with Crippen molar-refractivity contribution in [2.75, 3.05) is 0 Å².